The molecule has 5 nitrogen and oxygen atoms in total. The fourth-order valence-electron chi connectivity index (χ4n) is 7.61. The van der Waals surface area contributed by atoms with E-state index in [4.69, 9.17) is 15.0 Å². The van der Waals surface area contributed by atoms with Crippen molar-refractivity contribution in [2.45, 2.75) is 12.8 Å². The summed E-state index contributed by atoms with van der Waals surface area (Å²) in [4.78, 5) is 14.8. The molecule has 5 heteroatoms. The van der Waals surface area contributed by atoms with Crippen molar-refractivity contribution in [1.29, 1.82) is 0 Å². The summed E-state index contributed by atoms with van der Waals surface area (Å²) in [6, 6.07) is 53.0. The molecule has 6 aromatic carbocycles. The molecule has 0 aliphatic heterocycles. The van der Waals surface area contributed by atoms with Crippen LogP contribution in [0, 0.1) is 0 Å². The fraction of sp³-hybridized carbons (Fsp3) is 0.0444. The number of allylic oxidation sites excluding steroid dienone is 1. The van der Waals surface area contributed by atoms with E-state index in [-0.39, 0.29) is 0 Å². The minimum atomic E-state index is 0.647. The zero-order valence-electron chi connectivity index (χ0n) is 27.2. The highest BCUT2D eigenvalue weighted by atomic mass is 15.0. The first kappa shape index (κ1) is 28.4. The van der Waals surface area contributed by atoms with Crippen molar-refractivity contribution in [3.05, 3.63) is 169 Å². The SMILES string of the molecule is C1=Cc2c(n(-c3ccccc3)c3ccc4c(c5ccccc5n4-c4ccc(-c5nc(-c6ccccc6)nc(-c6ccccc6)n5)cc4)c23)CC1. The molecular formula is C45H31N5. The second kappa shape index (κ2) is 11.5. The molecule has 0 saturated heterocycles. The molecule has 0 bridgehead atoms. The highest BCUT2D eigenvalue weighted by Gasteiger charge is 2.24. The monoisotopic (exact) mass is 641 g/mol. The lowest BCUT2D eigenvalue weighted by Crippen LogP contribution is -2.02. The zero-order valence-corrected chi connectivity index (χ0v) is 27.2. The number of nitrogens with zero attached hydrogens (tertiary/aromatic N) is 5. The molecule has 0 unspecified atom stereocenters. The van der Waals surface area contributed by atoms with Crippen molar-refractivity contribution >= 4 is 38.8 Å². The maximum atomic E-state index is 4.96. The Bertz CT molecular complexity index is 2660. The van der Waals surface area contributed by atoms with Crippen LogP contribution in [0.2, 0.25) is 0 Å². The smallest absolute Gasteiger partial charge is 0.164 e. The average molecular weight is 642 g/mol. The van der Waals surface area contributed by atoms with Gasteiger partial charge in [-0.15, -0.1) is 0 Å². The van der Waals surface area contributed by atoms with Gasteiger partial charge in [-0.3, -0.25) is 0 Å². The minimum Gasteiger partial charge on any atom is -0.313 e. The van der Waals surface area contributed by atoms with Crippen LogP contribution in [-0.2, 0) is 6.42 Å². The maximum absolute atomic E-state index is 4.96. The first-order chi connectivity index (χ1) is 24.8. The number of aromatic nitrogens is 5. The van der Waals surface area contributed by atoms with Crippen molar-refractivity contribution in [1.82, 2.24) is 24.1 Å². The standard InChI is InChI=1S/C45H31N5/c1-4-14-30(15-5-1)43-46-44(31-16-6-2-7-17-31)48-45(47-43)32-24-26-34(27-25-32)50-38-23-13-11-21-36(38)42-40(50)29-28-39-41(42)35-20-10-12-22-37(35)49(39)33-18-8-3-9-19-33/h1-11,13-21,23-29H,12,22H2. The van der Waals surface area contributed by atoms with E-state index < -0.39 is 0 Å². The van der Waals surface area contributed by atoms with Gasteiger partial charge in [0.05, 0.1) is 16.6 Å². The van der Waals surface area contributed by atoms with Gasteiger partial charge in [0.25, 0.3) is 0 Å². The van der Waals surface area contributed by atoms with E-state index in [9.17, 15) is 0 Å². The molecule has 236 valence electrons. The predicted octanol–water partition coefficient (Wildman–Crippen LogP) is 10.9. The third-order valence-corrected chi connectivity index (χ3v) is 9.84. The van der Waals surface area contributed by atoms with Crippen LogP contribution in [0.3, 0.4) is 0 Å². The summed E-state index contributed by atoms with van der Waals surface area (Å²) in [7, 11) is 0. The number of para-hydroxylation sites is 2. The third kappa shape index (κ3) is 4.51. The molecule has 3 aromatic heterocycles. The largest absolute Gasteiger partial charge is 0.313 e. The molecule has 0 N–H and O–H groups in total. The molecule has 0 atom stereocenters. The number of rotatable bonds is 5. The number of fused-ring (bicyclic) bond motifs is 7. The summed E-state index contributed by atoms with van der Waals surface area (Å²) < 4.78 is 4.86. The minimum absolute atomic E-state index is 0.647. The normalized spacial score (nSPS) is 12.6. The summed E-state index contributed by atoms with van der Waals surface area (Å²) in [5, 5.41) is 3.86. The van der Waals surface area contributed by atoms with Crippen LogP contribution in [0.5, 0.6) is 0 Å². The van der Waals surface area contributed by atoms with Crippen molar-refractivity contribution in [2.24, 2.45) is 0 Å². The Kier molecular flexibility index (Phi) is 6.56. The Labute approximate surface area is 289 Å². The molecule has 0 spiro atoms. The Morgan fingerprint density at radius 1 is 0.420 bits per heavy atom. The Morgan fingerprint density at radius 2 is 0.940 bits per heavy atom. The lowest BCUT2D eigenvalue weighted by atomic mass is 9.99. The molecule has 10 rings (SSSR count). The van der Waals surface area contributed by atoms with Gasteiger partial charge in [-0.25, -0.2) is 15.0 Å². The van der Waals surface area contributed by atoms with E-state index >= 15 is 0 Å². The van der Waals surface area contributed by atoms with Crippen LogP contribution in [0.25, 0.3) is 84.3 Å². The van der Waals surface area contributed by atoms with E-state index in [1.54, 1.807) is 0 Å². The topological polar surface area (TPSA) is 48.5 Å². The van der Waals surface area contributed by atoms with Gasteiger partial charge >= 0.3 is 0 Å². The van der Waals surface area contributed by atoms with Gasteiger partial charge < -0.3 is 9.13 Å². The summed E-state index contributed by atoms with van der Waals surface area (Å²) >= 11 is 0. The molecule has 0 amide bonds. The molecule has 0 saturated carbocycles. The average Bonchev–Trinajstić information content (AvgIpc) is 3.72. The number of benzene rings is 6. The molecule has 50 heavy (non-hydrogen) atoms. The van der Waals surface area contributed by atoms with Crippen LogP contribution in [0.1, 0.15) is 17.7 Å². The van der Waals surface area contributed by atoms with Crippen molar-refractivity contribution in [3.8, 4) is 45.5 Å². The molecular weight excluding hydrogens is 611 g/mol. The molecule has 1 aliphatic carbocycles. The van der Waals surface area contributed by atoms with E-state index in [0.29, 0.717) is 17.5 Å². The van der Waals surface area contributed by atoms with Gasteiger partial charge in [0.15, 0.2) is 17.5 Å². The molecule has 3 heterocycles. The fourth-order valence-corrected chi connectivity index (χ4v) is 7.61. The third-order valence-electron chi connectivity index (χ3n) is 9.84. The molecule has 0 radical (unpaired) electrons. The van der Waals surface area contributed by atoms with Crippen molar-refractivity contribution in [3.63, 3.8) is 0 Å². The van der Waals surface area contributed by atoms with E-state index in [2.05, 4.69) is 112 Å². The van der Waals surface area contributed by atoms with Crippen LogP contribution in [0.15, 0.2) is 158 Å². The Morgan fingerprint density at radius 3 is 1.58 bits per heavy atom. The highest BCUT2D eigenvalue weighted by Crippen LogP contribution is 2.43. The first-order valence-corrected chi connectivity index (χ1v) is 17.1. The Balaban J connectivity index is 1.15. The molecule has 0 fully saturated rings. The Hall–Kier alpha value is -6.59. The number of hydrogen-bond acceptors (Lipinski definition) is 3. The van der Waals surface area contributed by atoms with Crippen molar-refractivity contribution < 1.29 is 0 Å². The number of hydrogen-bond donors (Lipinski definition) is 0. The maximum Gasteiger partial charge on any atom is 0.164 e. The quantitative estimate of drug-likeness (QED) is 0.188. The predicted molar refractivity (Wildman–Crippen MR) is 205 cm³/mol. The van der Waals surface area contributed by atoms with E-state index in [1.165, 1.54) is 49.7 Å². The van der Waals surface area contributed by atoms with E-state index in [1.807, 2.05) is 60.7 Å². The summed E-state index contributed by atoms with van der Waals surface area (Å²) in [5.74, 6) is 1.96. The van der Waals surface area contributed by atoms with Crippen LogP contribution in [-0.4, -0.2) is 24.1 Å². The van der Waals surface area contributed by atoms with Gasteiger partial charge in [0.1, 0.15) is 0 Å². The van der Waals surface area contributed by atoms with Gasteiger partial charge in [0.2, 0.25) is 0 Å². The van der Waals surface area contributed by atoms with Gasteiger partial charge in [-0.2, -0.15) is 0 Å². The summed E-state index contributed by atoms with van der Waals surface area (Å²) in [5.41, 5.74) is 11.5. The molecule has 1 aliphatic rings. The van der Waals surface area contributed by atoms with Crippen LogP contribution < -0.4 is 0 Å². The van der Waals surface area contributed by atoms with E-state index in [0.717, 1.165) is 35.2 Å². The lowest BCUT2D eigenvalue weighted by Gasteiger charge is -2.13. The summed E-state index contributed by atoms with van der Waals surface area (Å²) in [6.45, 7) is 0. The second-order valence-corrected chi connectivity index (χ2v) is 12.8. The van der Waals surface area contributed by atoms with Gasteiger partial charge in [-0.1, -0.05) is 109 Å². The first-order valence-electron chi connectivity index (χ1n) is 17.1. The van der Waals surface area contributed by atoms with Gasteiger partial charge in [0, 0.05) is 55.5 Å². The highest BCUT2D eigenvalue weighted by molar-refractivity contribution is 6.23. The van der Waals surface area contributed by atoms with Crippen LogP contribution in [0.4, 0.5) is 0 Å². The van der Waals surface area contributed by atoms with Gasteiger partial charge in [-0.05, 0) is 67.4 Å². The van der Waals surface area contributed by atoms with Crippen LogP contribution >= 0.6 is 0 Å². The summed E-state index contributed by atoms with van der Waals surface area (Å²) in [6.07, 6.45) is 6.73. The zero-order chi connectivity index (χ0) is 33.0. The lowest BCUT2D eigenvalue weighted by molar-refractivity contribution is 0.888. The van der Waals surface area contributed by atoms with Crippen molar-refractivity contribution in [2.75, 3.05) is 0 Å². The molecule has 9 aromatic rings. The second-order valence-electron chi connectivity index (χ2n) is 12.8.